The molecule has 5 nitrogen and oxygen atoms in total. The first kappa shape index (κ1) is 27.6. The number of carbonyl (C=O) groups is 1. The molecule has 2 heterocycles. The standard InChI is InChI=1S/C27H44N2O3S/c1-3-5-6-7-8-9-10-11-12-13-14-15-17-22(23(30)19-21-31-4-2)26-25(29-27(28)33-26)24-18-16-20-32-24/h16,18,20,22H,3-15,17,19,21H2,1-2H3,(H2,28,29). The molecule has 0 aliphatic heterocycles. The Morgan fingerprint density at radius 1 is 1.03 bits per heavy atom. The first-order valence-electron chi connectivity index (χ1n) is 13.1. The maximum Gasteiger partial charge on any atom is 0.180 e. The van der Waals surface area contributed by atoms with Crippen LogP contribution in [0.3, 0.4) is 0 Å². The van der Waals surface area contributed by atoms with E-state index in [2.05, 4.69) is 11.9 Å². The molecule has 33 heavy (non-hydrogen) atoms. The number of nitrogens with two attached hydrogens (primary N) is 1. The van der Waals surface area contributed by atoms with E-state index in [-0.39, 0.29) is 11.7 Å². The van der Waals surface area contributed by atoms with Crippen molar-refractivity contribution in [1.29, 1.82) is 0 Å². The smallest absolute Gasteiger partial charge is 0.180 e. The normalized spacial score (nSPS) is 12.3. The summed E-state index contributed by atoms with van der Waals surface area (Å²) in [6.45, 7) is 5.31. The Hall–Kier alpha value is -1.66. The number of rotatable bonds is 20. The molecule has 6 heteroatoms. The number of ketones is 1. The van der Waals surface area contributed by atoms with Gasteiger partial charge in [0, 0.05) is 17.9 Å². The lowest BCUT2D eigenvalue weighted by molar-refractivity contribution is -0.121. The van der Waals surface area contributed by atoms with Crippen LogP contribution in [0.2, 0.25) is 0 Å². The Balaban J connectivity index is 1.80. The Morgan fingerprint density at radius 2 is 1.67 bits per heavy atom. The van der Waals surface area contributed by atoms with Crippen LogP contribution in [0.15, 0.2) is 22.8 Å². The molecule has 0 amide bonds. The molecular weight excluding hydrogens is 432 g/mol. The Labute approximate surface area is 204 Å². The summed E-state index contributed by atoms with van der Waals surface area (Å²) >= 11 is 1.42. The van der Waals surface area contributed by atoms with Gasteiger partial charge in [-0.05, 0) is 25.5 Å². The van der Waals surface area contributed by atoms with Gasteiger partial charge in [0.2, 0.25) is 0 Å². The minimum absolute atomic E-state index is 0.191. The summed E-state index contributed by atoms with van der Waals surface area (Å²) in [6, 6.07) is 3.72. The van der Waals surface area contributed by atoms with Crippen molar-refractivity contribution < 1.29 is 13.9 Å². The number of hydrogen-bond acceptors (Lipinski definition) is 6. The monoisotopic (exact) mass is 476 g/mol. The molecule has 1 atom stereocenters. The van der Waals surface area contributed by atoms with Gasteiger partial charge in [0.05, 0.1) is 18.8 Å². The molecule has 0 fully saturated rings. The van der Waals surface area contributed by atoms with Gasteiger partial charge in [-0.3, -0.25) is 4.79 Å². The van der Waals surface area contributed by atoms with Gasteiger partial charge in [-0.1, -0.05) is 84.0 Å². The van der Waals surface area contributed by atoms with Gasteiger partial charge >= 0.3 is 0 Å². The van der Waals surface area contributed by atoms with Gasteiger partial charge in [-0.2, -0.15) is 0 Å². The number of ether oxygens (including phenoxy) is 1. The third-order valence-corrected chi connectivity index (χ3v) is 7.17. The number of carbonyl (C=O) groups excluding carboxylic acids is 1. The Morgan fingerprint density at radius 3 is 2.24 bits per heavy atom. The average molecular weight is 477 g/mol. The molecule has 0 spiro atoms. The van der Waals surface area contributed by atoms with E-state index in [1.54, 1.807) is 6.26 Å². The molecule has 1 unspecified atom stereocenters. The molecule has 186 valence electrons. The van der Waals surface area contributed by atoms with Crippen LogP contribution in [0.1, 0.15) is 115 Å². The number of nitrogen functional groups attached to an aromatic ring is 1. The maximum atomic E-state index is 13.1. The zero-order valence-corrected chi connectivity index (χ0v) is 21.6. The molecule has 0 bridgehead atoms. The highest BCUT2D eigenvalue weighted by Gasteiger charge is 2.27. The van der Waals surface area contributed by atoms with Crippen molar-refractivity contribution in [3.63, 3.8) is 0 Å². The number of furan rings is 1. The molecule has 0 saturated carbocycles. The van der Waals surface area contributed by atoms with Crippen molar-refractivity contribution in [3.05, 3.63) is 23.3 Å². The lowest BCUT2D eigenvalue weighted by Crippen LogP contribution is -2.15. The average Bonchev–Trinajstić information content (AvgIpc) is 3.47. The largest absolute Gasteiger partial charge is 0.463 e. The summed E-state index contributed by atoms with van der Waals surface area (Å²) in [4.78, 5) is 18.5. The number of Topliss-reactive ketones (excluding diaryl/α,β-unsaturated/α-hetero) is 1. The van der Waals surface area contributed by atoms with E-state index in [1.165, 1.54) is 75.5 Å². The van der Waals surface area contributed by atoms with Gasteiger partial charge in [0.1, 0.15) is 11.5 Å². The second-order valence-corrected chi connectivity index (χ2v) is 9.95. The van der Waals surface area contributed by atoms with E-state index < -0.39 is 0 Å². The van der Waals surface area contributed by atoms with Crippen LogP contribution in [-0.2, 0) is 9.53 Å². The highest BCUT2D eigenvalue weighted by Crippen LogP contribution is 2.39. The summed E-state index contributed by atoms with van der Waals surface area (Å²) in [5.41, 5.74) is 6.76. The zero-order chi connectivity index (χ0) is 23.7. The number of hydrogen-bond donors (Lipinski definition) is 1. The number of unbranched alkanes of at least 4 members (excludes halogenated alkanes) is 11. The lowest BCUT2D eigenvalue weighted by atomic mass is 9.91. The fourth-order valence-electron chi connectivity index (χ4n) is 4.29. The van der Waals surface area contributed by atoms with Gasteiger partial charge in [-0.25, -0.2) is 4.98 Å². The van der Waals surface area contributed by atoms with Crippen molar-refractivity contribution >= 4 is 22.3 Å². The minimum Gasteiger partial charge on any atom is -0.463 e. The van der Waals surface area contributed by atoms with Crippen molar-refractivity contribution in [1.82, 2.24) is 4.98 Å². The van der Waals surface area contributed by atoms with E-state index >= 15 is 0 Å². The molecule has 0 aromatic carbocycles. The second-order valence-electron chi connectivity index (χ2n) is 8.89. The van der Waals surface area contributed by atoms with Gasteiger partial charge in [-0.15, -0.1) is 11.3 Å². The molecular formula is C27H44N2O3S. The van der Waals surface area contributed by atoms with E-state index in [1.807, 2.05) is 19.1 Å². The van der Waals surface area contributed by atoms with E-state index in [9.17, 15) is 4.79 Å². The highest BCUT2D eigenvalue weighted by molar-refractivity contribution is 7.16. The van der Waals surface area contributed by atoms with Crippen LogP contribution < -0.4 is 5.73 Å². The van der Waals surface area contributed by atoms with Gasteiger partial charge in [0.15, 0.2) is 10.9 Å². The van der Waals surface area contributed by atoms with E-state index in [0.29, 0.717) is 30.5 Å². The van der Waals surface area contributed by atoms with Crippen LogP contribution >= 0.6 is 11.3 Å². The van der Waals surface area contributed by atoms with Crippen LogP contribution in [0, 0.1) is 0 Å². The maximum absolute atomic E-state index is 13.1. The molecule has 0 aliphatic rings. The number of anilines is 1. The predicted molar refractivity (Wildman–Crippen MR) is 139 cm³/mol. The second kappa shape index (κ2) is 16.9. The summed E-state index contributed by atoms with van der Waals surface area (Å²) in [5.74, 6) is 0.696. The SMILES string of the molecule is CCCCCCCCCCCCCCC(C(=O)CCOCC)c1sc(N)nc1-c1ccco1. The van der Waals surface area contributed by atoms with E-state index in [4.69, 9.17) is 14.9 Å². The molecule has 2 rings (SSSR count). The fourth-order valence-corrected chi connectivity index (χ4v) is 5.29. The van der Waals surface area contributed by atoms with Crippen LogP contribution in [0.4, 0.5) is 5.13 Å². The van der Waals surface area contributed by atoms with Gasteiger partial charge in [0.25, 0.3) is 0 Å². The quantitative estimate of drug-likeness (QED) is 0.195. The number of aromatic nitrogens is 1. The third-order valence-electron chi connectivity index (χ3n) is 6.17. The predicted octanol–water partition coefficient (Wildman–Crippen LogP) is 8.16. The van der Waals surface area contributed by atoms with Gasteiger partial charge < -0.3 is 14.9 Å². The molecule has 2 aromatic rings. The number of nitrogens with zero attached hydrogens (tertiary/aromatic N) is 1. The van der Waals surface area contributed by atoms with Crippen molar-refractivity contribution in [3.8, 4) is 11.5 Å². The summed E-state index contributed by atoms with van der Waals surface area (Å²) in [6.07, 6.45) is 18.6. The third kappa shape index (κ3) is 10.4. The zero-order valence-electron chi connectivity index (χ0n) is 20.8. The molecule has 2 N–H and O–H groups in total. The first-order valence-corrected chi connectivity index (χ1v) is 13.9. The van der Waals surface area contributed by atoms with Crippen molar-refractivity contribution in [2.45, 2.75) is 110 Å². The highest BCUT2D eigenvalue weighted by atomic mass is 32.1. The Bertz CT molecular complexity index is 758. The number of thiazole rings is 1. The summed E-state index contributed by atoms with van der Waals surface area (Å²) in [5, 5.41) is 0.480. The van der Waals surface area contributed by atoms with Crippen LogP contribution in [0.25, 0.3) is 11.5 Å². The Kier molecular flexibility index (Phi) is 14.1. The van der Waals surface area contributed by atoms with Crippen molar-refractivity contribution in [2.75, 3.05) is 18.9 Å². The summed E-state index contributed by atoms with van der Waals surface area (Å²) < 4.78 is 11.0. The van der Waals surface area contributed by atoms with Crippen LogP contribution in [0.5, 0.6) is 0 Å². The summed E-state index contributed by atoms with van der Waals surface area (Å²) in [7, 11) is 0. The molecule has 2 aromatic heterocycles. The molecule has 0 saturated heterocycles. The lowest BCUT2D eigenvalue weighted by Gasteiger charge is -2.15. The topological polar surface area (TPSA) is 78.4 Å². The van der Waals surface area contributed by atoms with E-state index in [0.717, 1.165) is 29.8 Å². The fraction of sp³-hybridized carbons (Fsp3) is 0.704. The first-order chi connectivity index (χ1) is 16.2. The van der Waals surface area contributed by atoms with Crippen molar-refractivity contribution in [2.24, 2.45) is 0 Å². The molecule has 0 radical (unpaired) electrons. The molecule has 0 aliphatic carbocycles. The van der Waals surface area contributed by atoms with Crippen LogP contribution in [-0.4, -0.2) is 24.0 Å². The minimum atomic E-state index is -0.191.